The summed E-state index contributed by atoms with van der Waals surface area (Å²) in [7, 11) is 3.56. The van der Waals surface area contributed by atoms with Crippen molar-refractivity contribution in [3.63, 3.8) is 0 Å². The zero-order chi connectivity index (χ0) is 23.0. The van der Waals surface area contributed by atoms with E-state index in [-0.39, 0.29) is 36.3 Å². The Hall–Kier alpha value is -1.86. The molecule has 0 radical (unpaired) electrons. The first-order valence-electron chi connectivity index (χ1n) is 10.9. The van der Waals surface area contributed by atoms with Crippen LogP contribution < -0.4 is 16.0 Å². The second-order valence-corrected chi connectivity index (χ2v) is 8.77. The highest BCUT2D eigenvalue weighted by Crippen LogP contribution is 2.41. The number of aliphatic hydroxyl groups is 2. The highest BCUT2D eigenvalue weighted by molar-refractivity contribution is 5.78. The quantitative estimate of drug-likeness (QED) is 0.307. The van der Waals surface area contributed by atoms with Crippen molar-refractivity contribution in [3.05, 3.63) is 24.0 Å². The van der Waals surface area contributed by atoms with Gasteiger partial charge in [0, 0.05) is 17.8 Å². The van der Waals surface area contributed by atoms with Gasteiger partial charge in [-0.1, -0.05) is 0 Å². The van der Waals surface area contributed by atoms with Crippen molar-refractivity contribution >= 4 is 5.91 Å². The zero-order valence-electron chi connectivity index (χ0n) is 18.4. The molecule has 1 aromatic rings. The molecule has 0 bridgehead atoms. The molecule has 1 aliphatic carbocycles. The number of ether oxygens (including phenoxy) is 3. The molecule has 0 aromatic carbocycles. The van der Waals surface area contributed by atoms with Crippen LogP contribution in [0.5, 0.6) is 5.75 Å². The molecular weight excluding hydrogens is 420 g/mol. The van der Waals surface area contributed by atoms with Crippen molar-refractivity contribution in [3.8, 4) is 5.75 Å². The number of aliphatic hydroxyl groups excluding tert-OH is 1. The maximum atomic E-state index is 12.7. The van der Waals surface area contributed by atoms with Crippen LogP contribution in [-0.2, 0) is 25.4 Å². The van der Waals surface area contributed by atoms with Gasteiger partial charge in [0.25, 0.3) is 0 Å². The van der Waals surface area contributed by atoms with Gasteiger partial charge in [0.2, 0.25) is 18.0 Å². The summed E-state index contributed by atoms with van der Waals surface area (Å²) in [6, 6.07) is 1.82. The summed E-state index contributed by atoms with van der Waals surface area (Å²) in [6.07, 6.45) is -1.58. The highest BCUT2D eigenvalue weighted by Gasteiger charge is 2.62. The van der Waals surface area contributed by atoms with Crippen LogP contribution in [0.4, 0.5) is 0 Å². The molecule has 4 rings (SSSR count). The largest absolute Gasteiger partial charge is 0.506 e. The molecule has 32 heavy (non-hydrogen) atoms. The SMILES string of the molecule is CN[C@H]1C[C@@H](NC)[C@H](O)[C@H]2O[C@@H]3O[C@H](C)C[C@@H](NC(=O)Cc4ccc(O)cn4)[C@]3(O)O[C@@H]21. The maximum absolute atomic E-state index is 12.7. The number of amides is 1. The molecule has 1 saturated carbocycles. The molecule has 0 unspecified atom stereocenters. The fraction of sp³-hybridized carbons (Fsp3) is 0.714. The van der Waals surface area contributed by atoms with Gasteiger partial charge in [0.05, 0.1) is 30.9 Å². The number of carbonyl (C=O) groups is 1. The van der Waals surface area contributed by atoms with Crippen molar-refractivity contribution in [2.24, 2.45) is 0 Å². The maximum Gasteiger partial charge on any atom is 0.239 e. The Morgan fingerprint density at radius 2 is 1.94 bits per heavy atom. The van der Waals surface area contributed by atoms with E-state index in [1.165, 1.54) is 12.3 Å². The van der Waals surface area contributed by atoms with E-state index < -0.39 is 36.4 Å². The van der Waals surface area contributed by atoms with Crippen molar-refractivity contribution in [1.29, 1.82) is 0 Å². The molecule has 2 aliphatic heterocycles. The smallest absolute Gasteiger partial charge is 0.239 e. The molecule has 2 saturated heterocycles. The number of likely N-dealkylation sites (N-methyl/N-ethyl adjacent to an activating group) is 2. The molecule has 0 spiro atoms. The number of nitrogens with one attached hydrogen (secondary N) is 3. The van der Waals surface area contributed by atoms with Crippen LogP contribution in [0, 0.1) is 0 Å². The Labute approximate surface area is 186 Å². The normalized spacial score (nSPS) is 41.4. The topological polar surface area (TPSA) is 154 Å². The summed E-state index contributed by atoms with van der Waals surface area (Å²) < 4.78 is 18.1. The summed E-state index contributed by atoms with van der Waals surface area (Å²) in [5.41, 5.74) is 0.480. The van der Waals surface area contributed by atoms with Crippen LogP contribution in [0.15, 0.2) is 18.3 Å². The molecule has 3 fully saturated rings. The first-order chi connectivity index (χ1) is 15.2. The van der Waals surface area contributed by atoms with E-state index in [0.717, 1.165) is 0 Å². The predicted octanol–water partition coefficient (Wildman–Crippen LogP) is -1.64. The van der Waals surface area contributed by atoms with Gasteiger partial charge in [0.15, 0.2) is 0 Å². The number of pyridine rings is 1. The number of nitrogens with zero attached hydrogens (tertiary/aromatic N) is 1. The van der Waals surface area contributed by atoms with E-state index in [2.05, 4.69) is 20.9 Å². The third-order valence-corrected chi connectivity index (χ3v) is 6.57. The lowest BCUT2D eigenvalue weighted by Crippen LogP contribution is -2.76. The minimum Gasteiger partial charge on any atom is -0.506 e. The molecule has 9 atom stereocenters. The first kappa shape index (κ1) is 23.3. The lowest BCUT2D eigenvalue weighted by Gasteiger charge is -2.57. The van der Waals surface area contributed by atoms with Gasteiger partial charge in [-0.05, 0) is 46.0 Å². The number of hydrogen-bond acceptors (Lipinski definition) is 10. The van der Waals surface area contributed by atoms with Crippen LogP contribution in [-0.4, -0.2) is 94.9 Å². The predicted molar refractivity (Wildman–Crippen MR) is 112 cm³/mol. The Morgan fingerprint density at radius 3 is 2.59 bits per heavy atom. The van der Waals surface area contributed by atoms with Crippen molar-refractivity contribution in [2.45, 2.75) is 80.8 Å². The highest BCUT2D eigenvalue weighted by atomic mass is 16.8. The third kappa shape index (κ3) is 4.34. The summed E-state index contributed by atoms with van der Waals surface area (Å²) >= 11 is 0. The van der Waals surface area contributed by atoms with Crippen LogP contribution in [0.2, 0.25) is 0 Å². The molecule has 178 valence electrons. The van der Waals surface area contributed by atoms with E-state index >= 15 is 0 Å². The van der Waals surface area contributed by atoms with Gasteiger partial charge in [0.1, 0.15) is 18.0 Å². The molecule has 11 heteroatoms. The molecule has 11 nitrogen and oxygen atoms in total. The van der Waals surface area contributed by atoms with Crippen molar-refractivity contribution in [2.75, 3.05) is 14.1 Å². The van der Waals surface area contributed by atoms with Gasteiger partial charge in [-0.2, -0.15) is 0 Å². The summed E-state index contributed by atoms with van der Waals surface area (Å²) in [6.45, 7) is 1.82. The number of fused-ring (bicyclic) bond motifs is 2. The number of rotatable bonds is 5. The van der Waals surface area contributed by atoms with Crippen LogP contribution in [0.1, 0.15) is 25.5 Å². The second kappa shape index (κ2) is 9.18. The number of aromatic nitrogens is 1. The monoisotopic (exact) mass is 452 g/mol. The minimum atomic E-state index is -1.92. The van der Waals surface area contributed by atoms with Crippen LogP contribution in [0.3, 0.4) is 0 Å². The molecule has 1 amide bonds. The molecule has 3 heterocycles. The third-order valence-electron chi connectivity index (χ3n) is 6.57. The average molecular weight is 453 g/mol. The fourth-order valence-electron chi connectivity index (χ4n) is 4.83. The molecule has 3 aliphatic rings. The number of hydrogen-bond donors (Lipinski definition) is 6. The van der Waals surface area contributed by atoms with Crippen molar-refractivity contribution in [1.82, 2.24) is 20.9 Å². The number of carbonyl (C=O) groups excluding carboxylic acids is 1. The van der Waals surface area contributed by atoms with E-state index in [9.17, 15) is 20.1 Å². The molecule has 6 N–H and O–H groups in total. The Morgan fingerprint density at radius 1 is 1.19 bits per heavy atom. The first-order valence-corrected chi connectivity index (χ1v) is 10.9. The summed E-state index contributed by atoms with van der Waals surface area (Å²) in [5, 5.41) is 40.8. The lowest BCUT2D eigenvalue weighted by atomic mass is 9.81. The second-order valence-electron chi connectivity index (χ2n) is 8.77. The van der Waals surface area contributed by atoms with Gasteiger partial charge in [-0.25, -0.2) is 0 Å². The standard InChI is InChI=1S/C21H32N4O7/c1-10-6-15(25-16(27)7-11-4-5-12(26)9-24-11)21(29)20(30-10)31-19-17(28)13(22-2)8-14(23-3)18(19)32-21/h4-5,9-10,13-15,17-20,22-23,26,28-29H,6-8H2,1-3H3,(H,25,27)/t10-,13-,14+,15-,17+,18-,19-,20+,21+/m1/s1. The van der Waals surface area contributed by atoms with Crippen LogP contribution in [0.25, 0.3) is 0 Å². The van der Waals surface area contributed by atoms with E-state index in [1.807, 2.05) is 6.92 Å². The van der Waals surface area contributed by atoms with E-state index in [0.29, 0.717) is 18.5 Å². The van der Waals surface area contributed by atoms with Gasteiger partial charge < -0.3 is 45.5 Å². The average Bonchev–Trinajstić information content (AvgIpc) is 2.75. The van der Waals surface area contributed by atoms with Crippen LogP contribution >= 0.6 is 0 Å². The lowest BCUT2D eigenvalue weighted by molar-refractivity contribution is -0.446. The minimum absolute atomic E-state index is 0.0149. The van der Waals surface area contributed by atoms with Gasteiger partial charge >= 0.3 is 0 Å². The molecular formula is C21H32N4O7. The van der Waals surface area contributed by atoms with Gasteiger partial charge in [-0.15, -0.1) is 0 Å². The zero-order valence-corrected chi connectivity index (χ0v) is 18.4. The fourth-order valence-corrected chi connectivity index (χ4v) is 4.83. The Kier molecular flexibility index (Phi) is 6.68. The molecule has 1 aromatic heterocycles. The van der Waals surface area contributed by atoms with Crippen molar-refractivity contribution < 1.29 is 34.3 Å². The summed E-state index contributed by atoms with van der Waals surface area (Å²) in [5.74, 6) is -2.27. The summed E-state index contributed by atoms with van der Waals surface area (Å²) in [4.78, 5) is 16.7. The Balaban J connectivity index is 1.52. The Bertz CT molecular complexity index is 812. The van der Waals surface area contributed by atoms with E-state index in [4.69, 9.17) is 14.2 Å². The number of aromatic hydroxyl groups is 1. The van der Waals surface area contributed by atoms with Gasteiger partial charge in [-0.3, -0.25) is 9.78 Å². The van der Waals surface area contributed by atoms with E-state index in [1.54, 1.807) is 20.2 Å².